The van der Waals surface area contributed by atoms with Crippen molar-refractivity contribution in [3.8, 4) is 0 Å². The average Bonchev–Trinajstić information content (AvgIpc) is 2.36. The summed E-state index contributed by atoms with van der Waals surface area (Å²) in [4.78, 5) is 13.2. The number of rotatable bonds is 4. The highest BCUT2D eigenvalue weighted by Crippen LogP contribution is 2.21. The normalized spacial score (nSPS) is 10.5. The van der Waals surface area contributed by atoms with Crippen LogP contribution < -0.4 is 0 Å². The molecule has 0 aliphatic carbocycles. The summed E-state index contributed by atoms with van der Waals surface area (Å²) in [7, 11) is 0. The number of carbonyl (C=O) groups excluding carboxylic acids is 1. The Morgan fingerprint density at radius 2 is 1.95 bits per heavy atom. The molecule has 0 radical (unpaired) electrons. The maximum absolute atomic E-state index is 13.0. The highest BCUT2D eigenvalue weighted by atomic mass is 32.2. The lowest BCUT2D eigenvalue weighted by Crippen LogP contribution is -2.05. The van der Waals surface area contributed by atoms with Gasteiger partial charge in [0.2, 0.25) is 0 Å². The number of ketones is 1. The second-order valence-corrected chi connectivity index (χ2v) is 5.54. The molecule has 0 aliphatic rings. The summed E-state index contributed by atoms with van der Waals surface area (Å²) in [5, 5.41) is 0. The van der Waals surface area contributed by atoms with E-state index in [1.54, 1.807) is 13.0 Å². The molecule has 0 heterocycles. The van der Waals surface area contributed by atoms with E-state index in [2.05, 4.69) is 6.07 Å². The van der Waals surface area contributed by atoms with Crippen molar-refractivity contribution in [1.29, 1.82) is 0 Å². The molecule has 2 aromatic rings. The van der Waals surface area contributed by atoms with Crippen molar-refractivity contribution in [1.82, 2.24) is 0 Å². The van der Waals surface area contributed by atoms with E-state index in [0.29, 0.717) is 16.9 Å². The Hall–Kier alpha value is -1.61. The third-order valence-corrected chi connectivity index (χ3v) is 3.84. The van der Waals surface area contributed by atoms with Crippen LogP contribution in [0.3, 0.4) is 0 Å². The molecule has 0 atom stereocenters. The zero-order chi connectivity index (χ0) is 13.8. The fourth-order valence-electron chi connectivity index (χ4n) is 1.87. The summed E-state index contributed by atoms with van der Waals surface area (Å²) in [5.74, 6) is 0.0972. The lowest BCUT2D eigenvalue weighted by molar-refractivity contribution is 0.102. The monoisotopic (exact) mass is 274 g/mol. The van der Waals surface area contributed by atoms with Gasteiger partial charge in [0, 0.05) is 10.5 Å². The first-order valence-corrected chi connectivity index (χ1v) is 7.03. The molecule has 0 spiro atoms. The van der Waals surface area contributed by atoms with Crippen molar-refractivity contribution in [3.05, 3.63) is 65.0 Å². The molecule has 3 heteroatoms. The number of Topliss-reactive ketones (excluding diaryl/α,β-unsaturated/α-hetero) is 1. The number of thioether (sulfide) groups is 1. The molecule has 0 aliphatic heterocycles. The molecule has 1 nitrogen and oxygen atoms in total. The van der Waals surface area contributed by atoms with Crippen LogP contribution in [0.2, 0.25) is 0 Å². The molecule has 0 aromatic heterocycles. The lowest BCUT2D eigenvalue weighted by Gasteiger charge is -2.05. The molecular formula is C16H15FOS. The van der Waals surface area contributed by atoms with E-state index >= 15 is 0 Å². The third kappa shape index (κ3) is 3.67. The zero-order valence-corrected chi connectivity index (χ0v) is 11.8. The van der Waals surface area contributed by atoms with Gasteiger partial charge >= 0.3 is 0 Å². The van der Waals surface area contributed by atoms with E-state index in [9.17, 15) is 9.18 Å². The minimum atomic E-state index is -0.305. The fraction of sp³-hybridized carbons (Fsp3) is 0.188. The van der Waals surface area contributed by atoms with Crippen molar-refractivity contribution < 1.29 is 9.18 Å². The summed E-state index contributed by atoms with van der Waals surface area (Å²) in [6.45, 7) is 3.78. The molecule has 19 heavy (non-hydrogen) atoms. The lowest BCUT2D eigenvalue weighted by atomic mass is 10.1. The fourth-order valence-corrected chi connectivity index (χ4v) is 2.77. The molecule has 0 fully saturated rings. The van der Waals surface area contributed by atoms with Crippen molar-refractivity contribution in [2.45, 2.75) is 18.7 Å². The number of benzene rings is 2. The van der Waals surface area contributed by atoms with E-state index < -0.39 is 0 Å². The molecule has 0 N–H and O–H groups in total. The van der Waals surface area contributed by atoms with E-state index in [-0.39, 0.29) is 11.6 Å². The highest BCUT2D eigenvalue weighted by molar-refractivity contribution is 8.00. The summed E-state index contributed by atoms with van der Waals surface area (Å²) < 4.78 is 13.0. The molecule has 0 amide bonds. The van der Waals surface area contributed by atoms with Crippen LogP contribution in [0, 0.1) is 19.7 Å². The average molecular weight is 274 g/mol. The molecule has 98 valence electrons. The van der Waals surface area contributed by atoms with Crippen LogP contribution in [0.25, 0.3) is 0 Å². The van der Waals surface area contributed by atoms with E-state index in [4.69, 9.17) is 0 Å². The molecular weight excluding hydrogens is 259 g/mol. The van der Waals surface area contributed by atoms with Gasteiger partial charge in [-0.3, -0.25) is 4.79 Å². The van der Waals surface area contributed by atoms with E-state index in [1.165, 1.54) is 29.5 Å². The SMILES string of the molecule is Cc1cccc(SCC(=O)c2ccc(F)cc2C)c1. The van der Waals surface area contributed by atoms with Crippen molar-refractivity contribution in [2.75, 3.05) is 5.75 Å². The number of carbonyl (C=O) groups is 1. The smallest absolute Gasteiger partial charge is 0.173 e. The maximum atomic E-state index is 13.0. The summed E-state index contributed by atoms with van der Waals surface area (Å²) in [6.07, 6.45) is 0. The number of halogens is 1. The molecule has 0 unspecified atom stereocenters. The van der Waals surface area contributed by atoms with Gasteiger partial charge in [0.15, 0.2) is 5.78 Å². The van der Waals surface area contributed by atoms with Gasteiger partial charge in [-0.1, -0.05) is 17.7 Å². The topological polar surface area (TPSA) is 17.1 Å². The molecule has 2 rings (SSSR count). The van der Waals surface area contributed by atoms with Gasteiger partial charge in [0.05, 0.1) is 5.75 Å². The van der Waals surface area contributed by atoms with Crippen molar-refractivity contribution >= 4 is 17.5 Å². The maximum Gasteiger partial charge on any atom is 0.173 e. The second-order valence-electron chi connectivity index (χ2n) is 4.49. The van der Waals surface area contributed by atoms with Gasteiger partial charge in [-0.2, -0.15) is 0 Å². The van der Waals surface area contributed by atoms with E-state index in [0.717, 1.165) is 4.90 Å². The van der Waals surface area contributed by atoms with Gasteiger partial charge in [-0.25, -0.2) is 4.39 Å². The molecule has 0 saturated carbocycles. The minimum Gasteiger partial charge on any atom is -0.293 e. The Bertz CT molecular complexity index is 607. The first-order chi connectivity index (χ1) is 9.06. The quantitative estimate of drug-likeness (QED) is 0.606. The van der Waals surface area contributed by atoms with Gasteiger partial charge in [0.1, 0.15) is 5.82 Å². The third-order valence-electron chi connectivity index (χ3n) is 2.85. The number of aryl methyl sites for hydroxylation is 2. The van der Waals surface area contributed by atoms with Crippen LogP contribution in [-0.4, -0.2) is 11.5 Å². The van der Waals surface area contributed by atoms with Crippen molar-refractivity contribution in [2.24, 2.45) is 0 Å². The molecule has 0 bridgehead atoms. The van der Waals surface area contributed by atoms with Crippen LogP contribution in [0.15, 0.2) is 47.4 Å². The molecule has 2 aromatic carbocycles. The van der Waals surface area contributed by atoms with Gasteiger partial charge in [0.25, 0.3) is 0 Å². The Labute approximate surface area is 116 Å². The summed E-state index contributed by atoms with van der Waals surface area (Å²) >= 11 is 1.51. The predicted octanol–water partition coefficient (Wildman–Crippen LogP) is 4.42. The Morgan fingerprint density at radius 3 is 2.63 bits per heavy atom. The predicted molar refractivity (Wildman–Crippen MR) is 77.4 cm³/mol. The first kappa shape index (κ1) is 13.8. The first-order valence-electron chi connectivity index (χ1n) is 6.05. The van der Waals surface area contributed by atoms with Gasteiger partial charge < -0.3 is 0 Å². The Balaban J connectivity index is 2.05. The summed E-state index contributed by atoms with van der Waals surface area (Å²) in [6, 6.07) is 12.3. The Morgan fingerprint density at radius 1 is 1.16 bits per heavy atom. The molecule has 0 saturated heterocycles. The van der Waals surface area contributed by atoms with Crippen LogP contribution in [0.1, 0.15) is 21.5 Å². The van der Waals surface area contributed by atoms with Crippen molar-refractivity contribution in [3.63, 3.8) is 0 Å². The highest BCUT2D eigenvalue weighted by Gasteiger charge is 2.10. The minimum absolute atomic E-state index is 0.0315. The van der Waals surface area contributed by atoms with Crippen LogP contribution in [0.4, 0.5) is 4.39 Å². The standard InChI is InChI=1S/C16H15FOS/c1-11-4-3-5-14(8-11)19-10-16(18)15-7-6-13(17)9-12(15)2/h3-9H,10H2,1-2H3. The largest absolute Gasteiger partial charge is 0.293 e. The summed E-state index contributed by atoms with van der Waals surface area (Å²) in [5.41, 5.74) is 2.46. The van der Waals surface area contributed by atoms with Crippen LogP contribution in [0.5, 0.6) is 0 Å². The number of hydrogen-bond acceptors (Lipinski definition) is 2. The number of hydrogen-bond donors (Lipinski definition) is 0. The van der Waals surface area contributed by atoms with Crippen LogP contribution >= 0.6 is 11.8 Å². The van der Waals surface area contributed by atoms with Gasteiger partial charge in [-0.15, -0.1) is 11.8 Å². The second kappa shape index (κ2) is 6.02. The van der Waals surface area contributed by atoms with E-state index in [1.807, 2.05) is 25.1 Å². The van der Waals surface area contributed by atoms with Crippen LogP contribution in [-0.2, 0) is 0 Å². The van der Waals surface area contributed by atoms with Gasteiger partial charge in [-0.05, 0) is 49.7 Å². The Kier molecular flexibility index (Phi) is 4.38. The zero-order valence-electron chi connectivity index (χ0n) is 10.9.